The van der Waals surface area contributed by atoms with E-state index in [9.17, 15) is 4.79 Å². The van der Waals surface area contributed by atoms with E-state index < -0.39 is 0 Å². The highest BCUT2D eigenvalue weighted by Crippen LogP contribution is 2.14. The number of anilines is 1. The van der Waals surface area contributed by atoms with Crippen molar-refractivity contribution >= 4 is 28.9 Å². The second kappa shape index (κ2) is 7.31. The molecule has 1 fully saturated rings. The van der Waals surface area contributed by atoms with Gasteiger partial charge in [-0.15, -0.1) is 0 Å². The van der Waals surface area contributed by atoms with Gasteiger partial charge in [0.1, 0.15) is 5.71 Å². The van der Waals surface area contributed by atoms with Gasteiger partial charge in [0.25, 0.3) is 0 Å². The molecule has 102 valence electrons. The summed E-state index contributed by atoms with van der Waals surface area (Å²) in [6, 6.07) is 7.84. The Morgan fingerprint density at radius 2 is 2.00 bits per heavy atom. The predicted molar refractivity (Wildman–Crippen MR) is 79.8 cm³/mol. The molecular formula is C14H18N2O2S. The van der Waals surface area contributed by atoms with E-state index in [0.29, 0.717) is 18.7 Å². The number of nitrogens with one attached hydrogen (secondary N) is 1. The molecule has 0 unspecified atom stereocenters. The number of hydrogen-bond acceptors (Lipinski definition) is 5. The number of thioether (sulfide) groups is 1. The van der Waals surface area contributed by atoms with Crippen LogP contribution in [0.25, 0.3) is 0 Å². The fourth-order valence-corrected chi connectivity index (χ4v) is 2.68. The van der Waals surface area contributed by atoms with Gasteiger partial charge in [0.2, 0.25) is 0 Å². The largest absolute Gasteiger partial charge is 0.380 e. The van der Waals surface area contributed by atoms with Crippen molar-refractivity contribution in [2.45, 2.75) is 19.4 Å². The van der Waals surface area contributed by atoms with E-state index in [1.165, 1.54) is 0 Å². The molecule has 1 saturated heterocycles. The Bertz CT molecular complexity index is 457. The van der Waals surface area contributed by atoms with Crippen LogP contribution in [0.3, 0.4) is 0 Å². The van der Waals surface area contributed by atoms with Gasteiger partial charge in [0, 0.05) is 25.7 Å². The summed E-state index contributed by atoms with van der Waals surface area (Å²) in [7, 11) is 1.67. The Morgan fingerprint density at radius 3 is 2.74 bits per heavy atom. The molecule has 1 heterocycles. The first kappa shape index (κ1) is 14.1. The first-order valence-corrected chi connectivity index (χ1v) is 7.46. The monoisotopic (exact) mass is 278 g/mol. The highest BCUT2D eigenvalue weighted by atomic mass is 32.2. The minimum absolute atomic E-state index is 0.161. The number of methoxy groups -OCH3 is 1. The van der Waals surface area contributed by atoms with Crippen molar-refractivity contribution in [1.29, 1.82) is 0 Å². The van der Waals surface area contributed by atoms with Crippen molar-refractivity contribution in [3.63, 3.8) is 0 Å². The number of rotatable bonds is 4. The summed E-state index contributed by atoms with van der Waals surface area (Å²) in [5, 5.41) is 4.24. The number of carbonyl (C=O) groups is 1. The van der Waals surface area contributed by atoms with Gasteiger partial charge in [-0.1, -0.05) is 12.1 Å². The smallest absolute Gasteiger partial charge is 0.179 e. The van der Waals surface area contributed by atoms with Crippen LogP contribution in [-0.4, -0.2) is 30.1 Å². The van der Waals surface area contributed by atoms with Crippen molar-refractivity contribution in [3.05, 3.63) is 29.8 Å². The second-order valence-electron chi connectivity index (χ2n) is 4.34. The lowest BCUT2D eigenvalue weighted by Crippen LogP contribution is -2.14. The second-order valence-corrected chi connectivity index (χ2v) is 5.56. The Balaban J connectivity index is 1.98. The van der Waals surface area contributed by atoms with Crippen LogP contribution in [0.1, 0.15) is 18.4 Å². The third-order valence-corrected chi connectivity index (χ3v) is 3.85. The molecular weight excluding hydrogens is 260 g/mol. The lowest BCUT2D eigenvalue weighted by molar-refractivity contribution is -0.112. The molecule has 0 amide bonds. The summed E-state index contributed by atoms with van der Waals surface area (Å²) in [6.45, 7) is 0.602. The van der Waals surface area contributed by atoms with E-state index in [2.05, 4.69) is 10.5 Å². The third kappa shape index (κ3) is 4.36. The molecule has 1 aromatic carbocycles. The molecule has 1 aromatic rings. The zero-order chi connectivity index (χ0) is 13.5. The minimum Gasteiger partial charge on any atom is -0.380 e. The third-order valence-electron chi connectivity index (χ3n) is 2.86. The van der Waals surface area contributed by atoms with Gasteiger partial charge in [-0.05, 0) is 23.4 Å². The molecule has 2 rings (SSSR count). The molecule has 1 N–H and O–H groups in total. The van der Waals surface area contributed by atoms with Gasteiger partial charge in [-0.25, -0.2) is 0 Å². The molecule has 0 saturated carbocycles. The van der Waals surface area contributed by atoms with Crippen LogP contribution < -0.4 is 5.43 Å². The Labute approximate surface area is 117 Å². The topological polar surface area (TPSA) is 50.7 Å². The zero-order valence-electron chi connectivity index (χ0n) is 11.0. The Hall–Kier alpha value is -1.33. The lowest BCUT2D eigenvalue weighted by Gasteiger charge is -2.05. The highest BCUT2D eigenvalue weighted by Gasteiger charge is 2.15. The number of benzene rings is 1. The number of nitrogens with zero attached hydrogens (tertiary/aromatic N) is 1. The van der Waals surface area contributed by atoms with Crippen LogP contribution in [0.5, 0.6) is 0 Å². The maximum atomic E-state index is 11.8. The van der Waals surface area contributed by atoms with Crippen LogP contribution in [-0.2, 0) is 16.1 Å². The number of Topliss-reactive ketones (excluding diaryl/α,β-unsaturated/α-hetero) is 1. The van der Waals surface area contributed by atoms with Gasteiger partial charge in [0.05, 0.1) is 12.3 Å². The van der Waals surface area contributed by atoms with Gasteiger partial charge in [-0.2, -0.15) is 16.9 Å². The maximum Gasteiger partial charge on any atom is 0.179 e. The molecule has 5 heteroatoms. The number of carbonyl (C=O) groups excluding carboxylic acids is 1. The van der Waals surface area contributed by atoms with Crippen molar-refractivity contribution in [1.82, 2.24) is 0 Å². The summed E-state index contributed by atoms with van der Waals surface area (Å²) in [6.07, 6.45) is 1.34. The molecule has 0 aromatic heterocycles. The van der Waals surface area contributed by atoms with Gasteiger partial charge in [-0.3, -0.25) is 10.2 Å². The first-order chi connectivity index (χ1) is 9.29. The first-order valence-electron chi connectivity index (χ1n) is 6.31. The lowest BCUT2D eigenvalue weighted by atomic mass is 10.1. The minimum atomic E-state index is 0.161. The van der Waals surface area contributed by atoms with Gasteiger partial charge in [0.15, 0.2) is 5.78 Å². The average Bonchev–Trinajstić information content (AvgIpc) is 2.63. The summed E-state index contributed by atoms with van der Waals surface area (Å²) in [5.74, 6) is 2.04. The number of hydrogen-bond donors (Lipinski definition) is 1. The van der Waals surface area contributed by atoms with E-state index in [-0.39, 0.29) is 5.78 Å². The molecule has 19 heavy (non-hydrogen) atoms. The number of ketones is 1. The summed E-state index contributed by atoms with van der Waals surface area (Å²) in [4.78, 5) is 11.8. The Morgan fingerprint density at radius 1 is 1.26 bits per heavy atom. The molecule has 1 aliphatic rings. The van der Waals surface area contributed by atoms with Crippen molar-refractivity contribution in [2.75, 3.05) is 24.0 Å². The molecule has 0 radical (unpaired) electrons. The summed E-state index contributed by atoms with van der Waals surface area (Å²) in [5.41, 5.74) is 5.62. The van der Waals surface area contributed by atoms with Gasteiger partial charge < -0.3 is 4.74 Å². The molecule has 1 aliphatic heterocycles. The quantitative estimate of drug-likeness (QED) is 0.860. The summed E-state index contributed by atoms with van der Waals surface area (Å²) < 4.78 is 5.06. The standard InChI is InChI=1S/C14H18N2O2S/c1-18-10-11-2-4-12(5-3-11)15-16-13-6-8-19-9-7-14(13)17/h2-5,15H,6-10H2,1H3/b16-13+. The van der Waals surface area contributed by atoms with Crippen LogP contribution in [0.4, 0.5) is 5.69 Å². The molecule has 0 aliphatic carbocycles. The van der Waals surface area contributed by atoms with Crippen LogP contribution in [0.15, 0.2) is 29.4 Å². The van der Waals surface area contributed by atoms with Crippen LogP contribution in [0, 0.1) is 0 Å². The molecule has 0 bridgehead atoms. The molecule has 4 nitrogen and oxygen atoms in total. The Kier molecular flexibility index (Phi) is 5.42. The van der Waals surface area contributed by atoms with Crippen LogP contribution in [0.2, 0.25) is 0 Å². The SMILES string of the molecule is COCc1ccc(N/N=C2\CCSCCC2=O)cc1. The van der Waals surface area contributed by atoms with E-state index in [4.69, 9.17) is 4.74 Å². The van der Waals surface area contributed by atoms with Crippen molar-refractivity contribution in [3.8, 4) is 0 Å². The predicted octanol–water partition coefficient (Wildman–Crippen LogP) is 2.70. The zero-order valence-corrected chi connectivity index (χ0v) is 11.8. The van der Waals surface area contributed by atoms with Gasteiger partial charge >= 0.3 is 0 Å². The average molecular weight is 278 g/mol. The maximum absolute atomic E-state index is 11.8. The molecule has 0 atom stereocenters. The highest BCUT2D eigenvalue weighted by molar-refractivity contribution is 7.99. The number of ether oxygens (including phenoxy) is 1. The van der Waals surface area contributed by atoms with Crippen molar-refractivity contribution in [2.24, 2.45) is 5.10 Å². The fraction of sp³-hybridized carbons (Fsp3) is 0.429. The number of hydrazone groups is 1. The summed E-state index contributed by atoms with van der Waals surface area (Å²) >= 11 is 1.81. The van der Waals surface area contributed by atoms with E-state index in [1.807, 2.05) is 36.0 Å². The fourth-order valence-electron chi connectivity index (χ4n) is 1.81. The van der Waals surface area contributed by atoms with Crippen molar-refractivity contribution < 1.29 is 9.53 Å². The molecule has 0 spiro atoms. The van der Waals surface area contributed by atoms with E-state index in [1.54, 1.807) is 7.11 Å². The van der Waals surface area contributed by atoms with E-state index >= 15 is 0 Å². The normalized spacial score (nSPS) is 18.4. The van der Waals surface area contributed by atoms with Crippen LogP contribution >= 0.6 is 11.8 Å². The van der Waals surface area contributed by atoms with E-state index in [0.717, 1.165) is 29.2 Å².